The van der Waals surface area contributed by atoms with Crippen LogP contribution in [0, 0.1) is 11.5 Å². The van der Waals surface area contributed by atoms with Crippen LogP contribution < -0.4 is 5.32 Å². The second kappa shape index (κ2) is 4.33. The fraction of sp³-hybridized carbons (Fsp3) is 0.800. The van der Waals surface area contributed by atoms with Crippen molar-refractivity contribution in [3.05, 3.63) is 0 Å². The van der Waals surface area contributed by atoms with Crippen molar-refractivity contribution in [3.63, 3.8) is 0 Å². The highest BCUT2D eigenvalue weighted by Gasteiger charge is 2.02. The average Bonchev–Trinajstić information content (AvgIpc) is 1.82. The van der Waals surface area contributed by atoms with Crippen molar-refractivity contribution in [1.82, 2.24) is 5.32 Å². The summed E-state index contributed by atoms with van der Waals surface area (Å²) in [6.45, 7) is 2.33. The van der Waals surface area contributed by atoms with E-state index in [0.717, 1.165) is 0 Å². The third-order valence-corrected chi connectivity index (χ3v) is 2.34. The number of nitriles is 1. The summed E-state index contributed by atoms with van der Waals surface area (Å²) in [5, 5.41) is 10.5. The standard InChI is InChI=1S/C5H10N2OS/c1-5(9(2)8)3-7-4-6/h5,7H,3H2,1-2H3. The minimum Gasteiger partial charge on any atom is -0.323 e. The molecule has 0 radical (unpaired) electrons. The monoisotopic (exact) mass is 146 g/mol. The Hall–Kier alpha value is -0.560. The molecule has 0 aliphatic carbocycles. The van der Waals surface area contributed by atoms with Crippen LogP contribution in [0.4, 0.5) is 0 Å². The van der Waals surface area contributed by atoms with E-state index in [2.05, 4.69) is 5.32 Å². The number of nitrogens with one attached hydrogen (secondary N) is 1. The number of rotatable bonds is 3. The third-order valence-electron chi connectivity index (χ3n) is 1.04. The molecule has 0 amide bonds. The molecule has 0 spiro atoms. The summed E-state index contributed by atoms with van der Waals surface area (Å²) in [5.74, 6) is 0. The van der Waals surface area contributed by atoms with Crippen LogP contribution in [0.25, 0.3) is 0 Å². The van der Waals surface area contributed by atoms with Crippen LogP contribution in [0.15, 0.2) is 0 Å². The zero-order chi connectivity index (χ0) is 7.28. The van der Waals surface area contributed by atoms with E-state index in [1.165, 1.54) is 0 Å². The Bertz CT molecular complexity index is 140. The second-order valence-electron chi connectivity index (χ2n) is 1.80. The minimum atomic E-state index is -0.825. The first kappa shape index (κ1) is 8.44. The van der Waals surface area contributed by atoms with Gasteiger partial charge in [0.25, 0.3) is 0 Å². The molecule has 2 unspecified atom stereocenters. The van der Waals surface area contributed by atoms with Crippen molar-refractivity contribution in [3.8, 4) is 6.19 Å². The smallest absolute Gasteiger partial charge is 0.176 e. The van der Waals surface area contributed by atoms with E-state index >= 15 is 0 Å². The first-order valence-corrected chi connectivity index (χ1v) is 4.24. The first-order valence-electron chi connectivity index (χ1n) is 2.62. The highest BCUT2D eigenvalue weighted by molar-refractivity contribution is 7.84. The molecule has 52 valence electrons. The maximum atomic E-state index is 10.6. The number of hydrogen-bond acceptors (Lipinski definition) is 3. The largest absolute Gasteiger partial charge is 0.323 e. The molecule has 4 heteroatoms. The molecular formula is C5H10N2OS. The maximum Gasteiger partial charge on any atom is 0.176 e. The van der Waals surface area contributed by atoms with Gasteiger partial charge in [0, 0.05) is 28.9 Å². The van der Waals surface area contributed by atoms with E-state index in [4.69, 9.17) is 5.26 Å². The lowest BCUT2D eigenvalue weighted by Gasteiger charge is -2.03. The zero-order valence-corrected chi connectivity index (χ0v) is 6.36. The summed E-state index contributed by atoms with van der Waals surface area (Å²) in [4.78, 5) is 0. The summed E-state index contributed by atoms with van der Waals surface area (Å²) in [5.41, 5.74) is 0. The lowest BCUT2D eigenvalue weighted by atomic mass is 10.5. The normalized spacial score (nSPS) is 15.7. The molecule has 2 atom stereocenters. The van der Waals surface area contributed by atoms with Crippen LogP contribution in [0.3, 0.4) is 0 Å². The summed E-state index contributed by atoms with van der Waals surface area (Å²) >= 11 is 0. The summed E-state index contributed by atoms with van der Waals surface area (Å²) in [6, 6.07) is 0. The lowest BCUT2D eigenvalue weighted by molar-refractivity contribution is 0.673. The minimum absolute atomic E-state index is 0.0599. The quantitative estimate of drug-likeness (QED) is 0.444. The van der Waals surface area contributed by atoms with Crippen LogP contribution in [-0.4, -0.2) is 22.3 Å². The third kappa shape index (κ3) is 3.98. The van der Waals surface area contributed by atoms with Crippen molar-refractivity contribution in [1.29, 1.82) is 5.26 Å². The molecule has 0 saturated carbocycles. The van der Waals surface area contributed by atoms with Crippen LogP contribution in [-0.2, 0) is 10.8 Å². The van der Waals surface area contributed by atoms with Gasteiger partial charge < -0.3 is 5.32 Å². The Morgan fingerprint density at radius 3 is 2.78 bits per heavy atom. The Labute approximate surface area is 57.5 Å². The molecule has 0 heterocycles. The topological polar surface area (TPSA) is 52.9 Å². The van der Waals surface area contributed by atoms with Crippen LogP contribution in [0.2, 0.25) is 0 Å². The molecule has 0 fully saturated rings. The summed E-state index contributed by atoms with van der Waals surface area (Å²) < 4.78 is 10.6. The second-order valence-corrected chi connectivity index (χ2v) is 3.60. The maximum absolute atomic E-state index is 10.6. The molecule has 0 bridgehead atoms. The van der Waals surface area contributed by atoms with Crippen LogP contribution in [0.1, 0.15) is 6.92 Å². The summed E-state index contributed by atoms with van der Waals surface area (Å²) in [7, 11) is -0.825. The highest BCUT2D eigenvalue weighted by Crippen LogP contribution is 1.87. The van der Waals surface area contributed by atoms with Gasteiger partial charge in [0.05, 0.1) is 0 Å². The molecule has 3 nitrogen and oxygen atoms in total. The summed E-state index contributed by atoms with van der Waals surface area (Å²) in [6.07, 6.45) is 3.40. The van der Waals surface area contributed by atoms with Gasteiger partial charge in [-0.1, -0.05) is 0 Å². The number of nitrogens with zero attached hydrogens (tertiary/aromatic N) is 1. The first-order chi connectivity index (χ1) is 4.18. The molecule has 0 aromatic rings. The molecule has 0 saturated heterocycles. The molecular weight excluding hydrogens is 136 g/mol. The van der Waals surface area contributed by atoms with Gasteiger partial charge in [-0.05, 0) is 6.92 Å². The Morgan fingerprint density at radius 1 is 1.89 bits per heavy atom. The van der Waals surface area contributed by atoms with Crippen LogP contribution >= 0.6 is 0 Å². The molecule has 0 aliphatic rings. The van der Waals surface area contributed by atoms with E-state index in [9.17, 15) is 4.21 Å². The van der Waals surface area contributed by atoms with E-state index < -0.39 is 10.8 Å². The van der Waals surface area contributed by atoms with E-state index in [1.54, 1.807) is 12.4 Å². The van der Waals surface area contributed by atoms with Gasteiger partial charge in [0.2, 0.25) is 0 Å². The molecule has 1 N–H and O–H groups in total. The van der Waals surface area contributed by atoms with E-state index in [0.29, 0.717) is 6.54 Å². The highest BCUT2D eigenvalue weighted by atomic mass is 32.2. The Balaban J connectivity index is 3.41. The van der Waals surface area contributed by atoms with Crippen molar-refractivity contribution in [2.24, 2.45) is 0 Å². The molecule has 9 heavy (non-hydrogen) atoms. The zero-order valence-electron chi connectivity index (χ0n) is 5.55. The molecule has 0 aromatic heterocycles. The van der Waals surface area contributed by atoms with E-state index in [1.807, 2.05) is 6.92 Å². The van der Waals surface area contributed by atoms with Crippen molar-refractivity contribution < 1.29 is 4.21 Å². The molecule has 0 rings (SSSR count). The van der Waals surface area contributed by atoms with Crippen molar-refractivity contribution in [2.45, 2.75) is 12.2 Å². The average molecular weight is 146 g/mol. The van der Waals surface area contributed by atoms with E-state index in [-0.39, 0.29) is 5.25 Å². The Kier molecular flexibility index (Phi) is 4.06. The van der Waals surface area contributed by atoms with Gasteiger partial charge in [-0.3, -0.25) is 4.21 Å². The van der Waals surface area contributed by atoms with Crippen molar-refractivity contribution >= 4 is 10.8 Å². The Morgan fingerprint density at radius 2 is 2.44 bits per heavy atom. The van der Waals surface area contributed by atoms with Crippen LogP contribution in [0.5, 0.6) is 0 Å². The van der Waals surface area contributed by atoms with Gasteiger partial charge in [0.1, 0.15) is 0 Å². The number of hydrogen-bond donors (Lipinski definition) is 1. The van der Waals surface area contributed by atoms with Gasteiger partial charge >= 0.3 is 0 Å². The predicted octanol–water partition coefficient (Wildman–Crippen LogP) is -0.176. The SMILES string of the molecule is CC(CNC#N)S(C)=O. The van der Waals surface area contributed by atoms with Crippen molar-refractivity contribution in [2.75, 3.05) is 12.8 Å². The van der Waals surface area contributed by atoms with Gasteiger partial charge in [0.15, 0.2) is 6.19 Å². The molecule has 0 aliphatic heterocycles. The fourth-order valence-corrected chi connectivity index (χ4v) is 0.625. The predicted molar refractivity (Wildman–Crippen MR) is 37.1 cm³/mol. The molecule has 0 aromatic carbocycles. The lowest BCUT2D eigenvalue weighted by Crippen LogP contribution is -2.23. The van der Waals surface area contributed by atoms with Gasteiger partial charge in [-0.2, -0.15) is 5.26 Å². The fourth-order valence-electron chi connectivity index (χ4n) is 0.307. The van der Waals surface area contributed by atoms with Gasteiger partial charge in [-0.25, -0.2) is 0 Å². The van der Waals surface area contributed by atoms with Gasteiger partial charge in [-0.15, -0.1) is 0 Å².